The van der Waals surface area contributed by atoms with Crippen LogP contribution in [0.3, 0.4) is 0 Å². The smallest absolute Gasteiger partial charge is 0.350 e. The van der Waals surface area contributed by atoms with Gasteiger partial charge in [-0.3, -0.25) is 4.98 Å². The lowest BCUT2D eigenvalue weighted by atomic mass is 10.0. The molecule has 0 bridgehead atoms. The highest BCUT2D eigenvalue weighted by molar-refractivity contribution is 5.49. The van der Waals surface area contributed by atoms with E-state index in [0.717, 1.165) is 16.8 Å². The van der Waals surface area contributed by atoms with Crippen LogP contribution in [0.2, 0.25) is 0 Å². The van der Waals surface area contributed by atoms with Crippen LogP contribution in [-0.2, 0) is 19.4 Å². The van der Waals surface area contributed by atoms with Gasteiger partial charge in [0.2, 0.25) is 0 Å². The van der Waals surface area contributed by atoms with Crippen LogP contribution in [0.1, 0.15) is 28.1 Å². The van der Waals surface area contributed by atoms with E-state index in [9.17, 15) is 13.2 Å². The molecule has 0 atom stereocenters. The summed E-state index contributed by atoms with van der Waals surface area (Å²) in [5.74, 6) is 0.640. The lowest BCUT2D eigenvalue weighted by Crippen LogP contribution is -2.32. The van der Waals surface area contributed by atoms with Crippen molar-refractivity contribution in [2.75, 3.05) is 11.4 Å². The Morgan fingerprint density at radius 2 is 2.08 bits per heavy atom. The van der Waals surface area contributed by atoms with Crippen molar-refractivity contribution in [1.82, 2.24) is 15.2 Å². The van der Waals surface area contributed by atoms with Crippen LogP contribution in [0.15, 0.2) is 18.3 Å². The lowest BCUT2D eigenvalue weighted by Gasteiger charge is -2.30. The predicted octanol–water partition coefficient (Wildman–Crippen LogP) is 2.72. The Balaban J connectivity index is 1.85. The summed E-state index contributed by atoms with van der Waals surface area (Å²) in [4.78, 5) is 6.12. The summed E-state index contributed by atoms with van der Waals surface area (Å²) < 4.78 is 37.7. The van der Waals surface area contributed by atoms with Crippen molar-refractivity contribution in [1.29, 1.82) is 5.26 Å². The van der Waals surface area contributed by atoms with Crippen LogP contribution >= 0.6 is 0 Å². The highest BCUT2D eigenvalue weighted by atomic mass is 19.4. The maximum Gasteiger partial charge on any atom is 0.393 e. The van der Waals surface area contributed by atoms with Gasteiger partial charge >= 0.3 is 6.18 Å². The zero-order valence-corrected chi connectivity index (χ0v) is 12.9. The van der Waals surface area contributed by atoms with E-state index in [1.807, 2.05) is 17.9 Å². The summed E-state index contributed by atoms with van der Waals surface area (Å²) in [6.07, 6.45) is -3.31. The number of aromatic nitrogens is 3. The number of nitrogens with zero attached hydrogens (tertiary/aromatic N) is 5. The third kappa shape index (κ3) is 3.45. The predicted molar refractivity (Wildman–Crippen MR) is 80.2 cm³/mol. The Morgan fingerprint density at radius 3 is 2.75 bits per heavy atom. The first-order valence-electron chi connectivity index (χ1n) is 7.38. The Labute approximate surface area is 136 Å². The molecule has 8 heteroatoms. The summed E-state index contributed by atoms with van der Waals surface area (Å²) in [6.45, 7) is 2.91. The first-order valence-corrected chi connectivity index (χ1v) is 7.38. The molecule has 0 fully saturated rings. The van der Waals surface area contributed by atoms with Gasteiger partial charge in [-0.2, -0.15) is 18.4 Å². The van der Waals surface area contributed by atoms with Crippen molar-refractivity contribution in [3.63, 3.8) is 0 Å². The van der Waals surface area contributed by atoms with Gasteiger partial charge in [0.05, 0.1) is 6.42 Å². The van der Waals surface area contributed by atoms with Crippen molar-refractivity contribution >= 4 is 5.82 Å². The third-order valence-corrected chi connectivity index (χ3v) is 3.87. The van der Waals surface area contributed by atoms with Crippen molar-refractivity contribution in [2.24, 2.45) is 0 Å². The molecule has 1 aliphatic rings. The molecule has 0 N–H and O–H groups in total. The fourth-order valence-electron chi connectivity index (χ4n) is 2.83. The number of anilines is 1. The zero-order chi connectivity index (χ0) is 17.3. The van der Waals surface area contributed by atoms with Crippen molar-refractivity contribution in [3.05, 3.63) is 46.4 Å². The van der Waals surface area contributed by atoms with Gasteiger partial charge in [0, 0.05) is 31.4 Å². The number of hydrogen-bond acceptors (Lipinski definition) is 5. The van der Waals surface area contributed by atoms with Crippen molar-refractivity contribution < 1.29 is 13.2 Å². The second kappa shape index (κ2) is 6.07. The Kier molecular flexibility index (Phi) is 4.09. The maximum atomic E-state index is 12.6. The number of nitriles is 1. The Bertz CT molecular complexity index is 810. The number of rotatable bonds is 2. The molecule has 0 unspecified atom stereocenters. The monoisotopic (exact) mass is 333 g/mol. The number of alkyl halides is 3. The minimum Gasteiger partial charge on any atom is -0.350 e. The van der Waals surface area contributed by atoms with Crippen LogP contribution in [0.5, 0.6) is 0 Å². The van der Waals surface area contributed by atoms with Gasteiger partial charge in [0.1, 0.15) is 6.07 Å². The third-order valence-electron chi connectivity index (χ3n) is 3.87. The molecule has 0 aromatic carbocycles. The van der Waals surface area contributed by atoms with E-state index in [4.69, 9.17) is 5.26 Å². The van der Waals surface area contributed by atoms with Gasteiger partial charge in [-0.15, -0.1) is 10.2 Å². The van der Waals surface area contributed by atoms with Gasteiger partial charge in [-0.25, -0.2) is 0 Å². The lowest BCUT2D eigenvalue weighted by molar-refractivity contribution is -0.127. The summed E-state index contributed by atoms with van der Waals surface area (Å²) in [5, 5.41) is 16.8. The van der Waals surface area contributed by atoms with E-state index >= 15 is 0 Å². The highest BCUT2D eigenvalue weighted by Crippen LogP contribution is 2.27. The topological polar surface area (TPSA) is 65.7 Å². The Hall–Kier alpha value is -2.69. The van der Waals surface area contributed by atoms with Crippen LogP contribution in [-0.4, -0.2) is 27.9 Å². The summed E-state index contributed by atoms with van der Waals surface area (Å²) in [6, 6.07) is 5.15. The van der Waals surface area contributed by atoms with Crippen LogP contribution in [0.25, 0.3) is 0 Å². The number of pyridine rings is 1. The molecule has 1 aliphatic heterocycles. The highest BCUT2D eigenvalue weighted by Gasteiger charge is 2.29. The average Bonchev–Trinajstić information content (AvgIpc) is 2.52. The first kappa shape index (κ1) is 16.2. The first-order chi connectivity index (χ1) is 11.4. The molecule has 0 saturated carbocycles. The molecular weight excluding hydrogens is 319 g/mol. The quantitative estimate of drug-likeness (QED) is 0.845. The molecule has 0 aliphatic carbocycles. The van der Waals surface area contributed by atoms with Crippen LogP contribution in [0, 0.1) is 18.3 Å². The second-order valence-electron chi connectivity index (χ2n) is 5.76. The van der Waals surface area contributed by atoms with Gasteiger partial charge < -0.3 is 4.90 Å². The van der Waals surface area contributed by atoms with E-state index in [2.05, 4.69) is 15.2 Å². The minimum absolute atomic E-state index is 0.158. The second-order valence-corrected chi connectivity index (χ2v) is 5.76. The minimum atomic E-state index is -4.25. The maximum absolute atomic E-state index is 12.6. The standard InChI is InChI=1S/C16H14F3N5/c1-10-4-13(7-20)22-23-15(10)24-3-2-14-12(9-24)5-11(8-21-14)6-16(17,18)19/h4-5,8H,2-3,6,9H2,1H3. The fourth-order valence-corrected chi connectivity index (χ4v) is 2.83. The number of fused-ring (bicyclic) bond motifs is 1. The van der Waals surface area contributed by atoms with Crippen molar-refractivity contribution in [2.45, 2.75) is 32.5 Å². The molecule has 24 heavy (non-hydrogen) atoms. The van der Waals surface area contributed by atoms with Crippen molar-refractivity contribution in [3.8, 4) is 6.07 Å². The number of hydrogen-bond donors (Lipinski definition) is 0. The van der Waals surface area contributed by atoms with Gasteiger partial charge in [0.15, 0.2) is 11.5 Å². The van der Waals surface area contributed by atoms with E-state index in [-0.39, 0.29) is 11.3 Å². The number of halogens is 3. The molecule has 0 amide bonds. The summed E-state index contributed by atoms with van der Waals surface area (Å²) in [5.41, 5.74) is 2.79. The van der Waals surface area contributed by atoms with Crippen LogP contribution < -0.4 is 4.90 Å². The Morgan fingerprint density at radius 1 is 1.29 bits per heavy atom. The molecule has 5 nitrogen and oxygen atoms in total. The largest absolute Gasteiger partial charge is 0.393 e. The van der Waals surface area contributed by atoms with E-state index in [1.54, 1.807) is 12.1 Å². The molecule has 3 rings (SSSR count). The normalized spacial score (nSPS) is 14.2. The zero-order valence-electron chi connectivity index (χ0n) is 12.9. The van der Waals surface area contributed by atoms with Gasteiger partial charge in [-0.1, -0.05) is 6.07 Å². The molecule has 0 radical (unpaired) electrons. The molecule has 2 aromatic rings. The average molecular weight is 333 g/mol. The summed E-state index contributed by atoms with van der Waals surface area (Å²) >= 11 is 0. The van der Waals surface area contributed by atoms with Gasteiger partial charge in [-0.05, 0) is 29.7 Å². The molecule has 3 heterocycles. The SMILES string of the molecule is Cc1cc(C#N)nnc1N1CCc2ncc(CC(F)(F)F)cc2C1. The molecule has 0 saturated heterocycles. The molecule has 2 aromatic heterocycles. The fraction of sp³-hybridized carbons (Fsp3) is 0.375. The van der Waals surface area contributed by atoms with E-state index in [1.165, 1.54) is 6.20 Å². The molecule has 0 spiro atoms. The van der Waals surface area contributed by atoms with Crippen LogP contribution in [0.4, 0.5) is 19.0 Å². The van der Waals surface area contributed by atoms with E-state index < -0.39 is 12.6 Å². The summed E-state index contributed by atoms with van der Waals surface area (Å²) in [7, 11) is 0. The number of aryl methyl sites for hydroxylation is 1. The van der Waals surface area contributed by atoms with E-state index in [0.29, 0.717) is 25.3 Å². The molecular formula is C16H14F3N5. The van der Waals surface area contributed by atoms with Gasteiger partial charge in [0.25, 0.3) is 0 Å². The molecule has 124 valence electrons.